The van der Waals surface area contributed by atoms with Gasteiger partial charge in [-0.15, -0.1) is 11.3 Å². The number of aryl methyl sites for hydroxylation is 2. The van der Waals surface area contributed by atoms with Crippen LogP contribution in [0.2, 0.25) is 0 Å². The summed E-state index contributed by atoms with van der Waals surface area (Å²) in [4.78, 5) is 37.2. The molecule has 0 radical (unpaired) electrons. The number of rotatable bonds is 5. The normalized spacial score (nSPS) is 11.8. The van der Waals surface area contributed by atoms with Crippen molar-refractivity contribution >= 4 is 40.5 Å². The van der Waals surface area contributed by atoms with Crippen LogP contribution in [0.3, 0.4) is 0 Å². The van der Waals surface area contributed by atoms with Crippen molar-refractivity contribution in [3.8, 4) is 10.4 Å². The number of ether oxygens (including phenoxy) is 1. The van der Waals surface area contributed by atoms with Gasteiger partial charge in [-0.2, -0.15) is 0 Å². The number of benzene rings is 2. The van der Waals surface area contributed by atoms with E-state index in [2.05, 4.69) is 22.8 Å². The van der Waals surface area contributed by atoms with Gasteiger partial charge in [0, 0.05) is 23.2 Å². The number of carbonyl (C=O) groups excluding carboxylic acids is 3. The maximum atomic E-state index is 12.4. The topological polar surface area (TPSA) is 84.5 Å². The fourth-order valence-corrected chi connectivity index (χ4v) is 4.58. The molecule has 152 valence electrons. The molecule has 6 nitrogen and oxygen atoms in total. The lowest BCUT2D eigenvalue weighted by molar-refractivity contribution is -0.119. The smallest absolute Gasteiger partial charge is 0.348 e. The van der Waals surface area contributed by atoms with Gasteiger partial charge in [0.2, 0.25) is 5.91 Å². The molecule has 4 rings (SSSR count). The van der Waals surface area contributed by atoms with Crippen molar-refractivity contribution in [2.24, 2.45) is 0 Å². The highest BCUT2D eigenvalue weighted by Gasteiger charge is 2.22. The molecule has 0 bridgehead atoms. The van der Waals surface area contributed by atoms with Crippen LogP contribution < -0.4 is 10.6 Å². The number of fused-ring (bicyclic) bond motifs is 3. The van der Waals surface area contributed by atoms with Crippen LogP contribution in [0.25, 0.3) is 10.4 Å². The predicted molar refractivity (Wildman–Crippen MR) is 117 cm³/mol. The summed E-state index contributed by atoms with van der Waals surface area (Å²) >= 11 is 1.41. The summed E-state index contributed by atoms with van der Waals surface area (Å²) in [5.74, 6) is -1.09. The molecule has 1 aliphatic rings. The van der Waals surface area contributed by atoms with Crippen LogP contribution >= 0.6 is 11.3 Å². The van der Waals surface area contributed by atoms with Crippen molar-refractivity contribution in [1.29, 1.82) is 0 Å². The van der Waals surface area contributed by atoms with Crippen LogP contribution in [-0.4, -0.2) is 24.4 Å². The first-order valence-corrected chi connectivity index (χ1v) is 10.4. The van der Waals surface area contributed by atoms with E-state index in [4.69, 9.17) is 4.74 Å². The van der Waals surface area contributed by atoms with Gasteiger partial charge in [0.1, 0.15) is 4.88 Å². The molecule has 2 N–H and O–H groups in total. The van der Waals surface area contributed by atoms with Crippen molar-refractivity contribution in [2.75, 3.05) is 17.2 Å². The summed E-state index contributed by atoms with van der Waals surface area (Å²) < 4.78 is 5.21. The monoisotopic (exact) mass is 420 g/mol. The van der Waals surface area contributed by atoms with Gasteiger partial charge in [0.15, 0.2) is 6.61 Å². The lowest BCUT2D eigenvalue weighted by Gasteiger charge is -2.15. The van der Waals surface area contributed by atoms with Crippen molar-refractivity contribution < 1.29 is 19.1 Å². The Bertz CT molecular complexity index is 1120. The third-order valence-electron chi connectivity index (χ3n) is 4.76. The van der Waals surface area contributed by atoms with Crippen LogP contribution in [0.15, 0.2) is 54.6 Å². The molecule has 1 aromatic heterocycles. The molecule has 0 aliphatic heterocycles. The third-order valence-corrected chi connectivity index (χ3v) is 5.95. The molecule has 3 aromatic rings. The maximum Gasteiger partial charge on any atom is 0.348 e. The second-order valence-corrected chi connectivity index (χ2v) is 8.06. The molecule has 2 amide bonds. The van der Waals surface area contributed by atoms with Crippen molar-refractivity contribution in [3.05, 3.63) is 70.6 Å². The lowest BCUT2D eigenvalue weighted by Crippen LogP contribution is -2.20. The van der Waals surface area contributed by atoms with Crippen molar-refractivity contribution in [3.63, 3.8) is 0 Å². The molecule has 2 aromatic carbocycles. The van der Waals surface area contributed by atoms with E-state index < -0.39 is 11.9 Å². The Morgan fingerprint density at radius 3 is 2.33 bits per heavy atom. The van der Waals surface area contributed by atoms with Gasteiger partial charge in [-0.25, -0.2) is 4.79 Å². The van der Waals surface area contributed by atoms with Crippen LogP contribution in [0, 0.1) is 0 Å². The van der Waals surface area contributed by atoms with E-state index in [9.17, 15) is 14.4 Å². The highest BCUT2D eigenvalue weighted by molar-refractivity contribution is 7.17. The van der Waals surface area contributed by atoms with Gasteiger partial charge in [0.25, 0.3) is 5.91 Å². The predicted octanol–water partition coefficient (Wildman–Crippen LogP) is 4.27. The Hall–Kier alpha value is -3.45. The summed E-state index contributed by atoms with van der Waals surface area (Å²) in [5, 5.41) is 5.32. The fourth-order valence-electron chi connectivity index (χ4n) is 3.41. The summed E-state index contributed by atoms with van der Waals surface area (Å²) in [6, 6.07) is 16.8. The van der Waals surface area contributed by atoms with E-state index in [1.54, 1.807) is 24.3 Å². The zero-order chi connectivity index (χ0) is 21.1. The minimum Gasteiger partial charge on any atom is -0.451 e. The minimum absolute atomic E-state index is 0.169. The standard InChI is InChI=1S/C23H20N2O4S/c1-14(26)24-17-8-10-18(11-9-17)25-21(27)13-29-23(28)20-12-16-7-6-15-4-2-3-5-19(15)22(16)30-20/h2-5,8-12H,6-7,13H2,1H3,(H,24,26)(H,25,27). The fraction of sp³-hybridized carbons (Fsp3) is 0.174. The second kappa shape index (κ2) is 8.51. The number of hydrogen-bond donors (Lipinski definition) is 2. The third kappa shape index (κ3) is 4.41. The summed E-state index contributed by atoms with van der Waals surface area (Å²) in [5.41, 5.74) is 4.79. The lowest BCUT2D eigenvalue weighted by atomic mass is 9.91. The van der Waals surface area contributed by atoms with E-state index in [1.165, 1.54) is 29.4 Å². The number of amides is 2. The molecule has 1 heterocycles. The molecule has 0 unspecified atom stereocenters. The summed E-state index contributed by atoms with van der Waals surface area (Å²) in [7, 11) is 0. The molecule has 0 fully saturated rings. The zero-order valence-corrected chi connectivity index (χ0v) is 17.2. The Kier molecular flexibility index (Phi) is 5.63. The van der Waals surface area contributed by atoms with Crippen LogP contribution in [0.5, 0.6) is 0 Å². The Morgan fingerprint density at radius 1 is 0.933 bits per heavy atom. The average molecular weight is 420 g/mol. The van der Waals surface area contributed by atoms with Crippen LogP contribution in [-0.2, 0) is 27.2 Å². The number of esters is 1. The SMILES string of the molecule is CC(=O)Nc1ccc(NC(=O)COC(=O)c2cc3c(s2)-c2ccccc2CC3)cc1. The second-order valence-electron chi connectivity index (χ2n) is 7.01. The summed E-state index contributed by atoms with van der Waals surface area (Å²) in [6.07, 6.45) is 1.85. The first-order valence-electron chi connectivity index (χ1n) is 9.55. The van der Waals surface area contributed by atoms with Crippen LogP contribution in [0.1, 0.15) is 27.7 Å². The number of anilines is 2. The highest BCUT2D eigenvalue weighted by Crippen LogP contribution is 2.39. The van der Waals surface area contributed by atoms with E-state index >= 15 is 0 Å². The Balaban J connectivity index is 1.35. The van der Waals surface area contributed by atoms with E-state index in [0.717, 1.165) is 23.3 Å². The molecular weight excluding hydrogens is 400 g/mol. The van der Waals surface area contributed by atoms with Gasteiger partial charge >= 0.3 is 5.97 Å². The van der Waals surface area contributed by atoms with E-state index in [-0.39, 0.29) is 12.5 Å². The first kappa shape index (κ1) is 19.8. The molecule has 0 spiro atoms. The van der Waals surface area contributed by atoms with Gasteiger partial charge in [-0.05, 0) is 59.9 Å². The number of hydrogen-bond acceptors (Lipinski definition) is 5. The first-order chi connectivity index (χ1) is 14.5. The number of nitrogens with one attached hydrogen (secondary N) is 2. The van der Waals surface area contributed by atoms with Gasteiger partial charge in [-0.1, -0.05) is 24.3 Å². The van der Waals surface area contributed by atoms with Crippen LogP contribution in [0.4, 0.5) is 11.4 Å². The van der Waals surface area contributed by atoms with Crippen molar-refractivity contribution in [2.45, 2.75) is 19.8 Å². The molecule has 7 heteroatoms. The minimum atomic E-state index is -0.497. The molecule has 1 aliphatic carbocycles. The van der Waals surface area contributed by atoms with E-state index in [0.29, 0.717) is 16.3 Å². The number of carbonyl (C=O) groups is 3. The Labute approximate surface area is 177 Å². The zero-order valence-electron chi connectivity index (χ0n) is 16.4. The average Bonchev–Trinajstić information content (AvgIpc) is 3.18. The largest absolute Gasteiger partial charge is 0.451 e. The van der Waals surface area contributed by atoms with Gasteiger partial charge < -0.3 is 15.4 Å². The quantitative estimate of drug-likeness (QED) is 0.604. The van der Waals surface area contributed by atoms with E-state index in [1.807, 2.05) is 18.2 Å². The summed E-state index contributed by atoms with van der Waals surface area (Å²) in [6.45, 7) is 1.05. The van der Waals surface area contributed by atoms with Crippen molar-refractivity contribution in [1.82, 2.24) is 0 Å². The Morgan fingerprint density at radius 2 is 1.60 bits per heavy atom. The molecule has 0 atom stereocenters. The molecule has 0 saturated heterocycles. The van der Waals surface area contributed by atoms with Gasteiger partial charge in [0.05, 0.1) is 0 Å². The van der Waals surface area contributed by atoms with Gasteiger partial charge in [-0.3, -0.25) is 9.59 Å². The maximum absolute atomic E-state index is 12.4. The molecule has 0 saturated carbocycles. The molecule has 30 heavy (non-hydrogen) atoms. The number of thiophene rings is 1. The molecular formula is C23H20N2O4S. The highest BCUT2D eigenvalue weighted by atomic mass is 32.1.